The average molecular weight is 483 g/mol. The van der Waals surface area contributed by atoms with Crippen LogP contribution < -0.4 is 4.72 Å². The van der Waals surface area contributed by atoms with E-state index in [0.717, 1.165) is 7.11 Å². The standard InChI is InChI=1S/C16H11Cl2F3N4O4S/c1-7-6-10(16(19,20)21)25-13(22-7)11(15(26)29-2)14(23-25)30(27,28)24-12-8(17)4-3-5-9(12)18/h3-6,24H,1-2H3. The second-order valence-corrected chi connectivity index (χ2v) is 8.30. The van der Waals surface area contributed by atoms with Gasteiger partial charge in [0.05, 0.1) is 22.8 Å². The zero-order valence-corrected chi connectivity index (χ0v) is 17.4. The van der Waals surface area contributed by atoms with Crippen LogP contribution in [0.3, 0.4) is 0 Å². The monoisotopic (exact) mass is 482 g/mol. The molecule has 0 saturated carbocycles. The van der Waals surface area contributed by atoms with Crippen LogP contribution >= 0.6 is 23.2 Å². The maximum atomic E-state index is 13.5. The number of aryl methyl sites for hydroxylation is 1. The van der Waals surface area contributed by atoms with E-state index in [1.807, 2.05) is 4.72 Å². The number of halogens is 5. The highest BCUT2D eigenvalue weighted by Gasteiger charge is 2.39. The first-order valence-electron chi connectivity index (χ1n) is 7.89. The van der Waals surface area contributed by atoms with Gasteiger partial charge in [0.15, 0.2) is 5.65 Å². The van der Waals surface area contributed by atoms with E-state index in [-0.39, 0.29) is 25.9 Å². The summed E-state index contributed by atoms with van der Waals surface area (Å²) in [6.45, 7) is 1.25. The molecule has 0 bridgehead atoms. The Hall–Kier alpha value is -2.57. The van der Waals surface area contributed by atoms with Crippen LogP contribution in [0.15, 0.2) is 29.3 Å². The van der Waals surface area contributed by atoms with Gasteiger partial charge >= 0.3 is 12.1 Å². The normalized spacial score (nSPS) is 12.2. The number of rotatable bonds is 4. The first-order chi connectivity index (χ1) is 13.9. The first kappa shape index (κ1) is 22.1. The Morgan fingerprint density at radius 3 is 2.37 bits per heavy atom. The molecule has 0 radical (unpaired) electrons. The lowest BCUT2D eigenvalue weighted by Gasteiger charge is -2.10. The minimum Gasteiger partial charge on any atom is -0.465 e. The van der Waals surface area contributed by atoms with Gasteiger partial charge in [0, 0.05) is 5.69 Å². The van der Waals surface area contributed by atoms with E-state index in [9.17, 15) is 26.4 Å². The Morgan fingerprint density at radius 1 is 1.23 bits per heavy atom. The minimum atomic E-state index is -4.91. The molecule has 0 atom stereocenters. The Bertz CT molecular complexity index is 1260. The predicted molar refractivity (Wildman–Crippen MR) is 101 cm³/mol. The third-order valence-electron chi connectivity index (χ3n) is 3.82. The fraction of sp³-hybridized carbons (Fsp3) is 0.188. The number of ether oxygens (including phenoxy) is 1. The summed E-state index contributed by atoms with van der Waals surface area (Å²) in [5.41, 5.74) is -3.10. The van der Waals surface area contributed by atoms with Crippen molar-refractivity contribution in [2.75, 3.05) is 11.8 Å². The number of hydrogen-bond donors (Lipinski definition) is 1. The van der Waals surface area contributed by atoms with Crippen LogP contribution in [0.1, 0.15) is 21.7 Å². The molecule has 0 unspecified atom stereocenters. The molecule has 0 aliphatic rings. The lowest BCUT2D eigenvalue weighted by Crippen LogP contribution is -2.18. The van der Waals surface area contributed by atoms with E-state index in [1.165, 1.54) is 25.1 Å². The summed E-state index contributed by atoms with van der Waals surface area (Å²) in [7, 11) is -3.81. The number of para-hydroxylation sites is 1. The predicted octanol–water partition coefficient (Wildman–Crippen LogP) is 3.95. The third-order valence-corrected chi connectivity index (χ3v) is 5.72. The molecule has 0 spiro atoms. The fourth-order valence-electron chi connectivity index (χ4n) is 2.57. The Labute approximate surface area is 177 Å². The number of aromatic nitrogens is 3. The molecule has 0 fully saturated rings. The second kappa shape index (κ2) is 7.60. The van der Waals surface area contributed by atoms with E-state index in [2.05, 4.69) is 14.8 Å². The summed E-state index contributed by atoms with van der Waals surface area (Å²) in [4.78, 5) is 16.1. The van der Waals surface area contributed by atoms with Gasteiger partial charge in [0.25, 0.3) is 10.0 Å². The van der Waals surface area contributed by atoms with Gasteiger partial charge in [0.1, 0.15) is 11.3 Å². The van der Waals surface area contributed by atoms with Crippen molar-refractivity contribution in [3.05, 3.63) is 51.3 Å². The molecule has 0 saturated heterocycles. The van der Waals surface area contributed by atoms with Crippen molar-refractivity contribution in [1.82, 2.24) is 14.6 Å². The number of carbonyl (C=O) groups is 1. The summed E-state index contributed by atoms with van der Waals surface area (Å²) in [6.07, 6.45) is -4.91. The maximum Gasteiger partial charge on any atom is 0.433 e. The molecule has 0 aliphatic carbocycles. The molecular formula is C16H11Cl2F3N4O4S. The van der Waals surface area contributed by atoms with Crippen molar-refractivity contribution >= 4 is 50.5 Å². The van der Waals surface area contributed by atoms with Crippen LogP contribution in [0, 0.1) is 6.92 Å². The fourth-order valence-corrected chi connectivity index (χ4v) is 4.39. The third kappa shape index (κ3) is 3.89. The number of hydrogen-bond acceptors (Lipinski definition) is 6. The summed E-state index contributed by atoms with van der Waals surface area (Å²) in [5.74, 6) is -1.25. The molecule has 1 aromatic carbocycles. The van der Waals surface area contributed by atoms with E-state index < -0.39 is 44.1 Å². The van der Waals surface area contributed by atoms with Gasteiger partial charge in [-0.1, -0.05) is 29.3 Å². The van der Waals surface area contributed by atoms with Crippen molar-refractivity contribution < 1.29 is 31.1 Å². The lowest BCUT2D eigenvalue weighted by atomic mass is 10.3. The summed E-state index contributed by atoms with van der Waals surface area (Å²) < 4.78 is 73.1. The molecular weight excluding hydrogens is 472 g/mol. The first-order valence-corrected chi connectivity index (χ1v) is 10.1. The molecule has 160 valence electrons. The highest BCUT2D eigenvalue weighted by atomic mass is 35.5. The SMILES string of the molecule is COC(=O)c1c(S(=O)(=O)Nc2c(Cl)cccc2Cl)nn2c(C(F)(F)F)cc(C)nc12. The van der Waals surface area contributed by atoms with Crippen LogP contribution in [-0.4, -0.2) is 36.1 Å². The maximum absolute atomic E-state index is 13.5. The van der Waals surface area contributed by atoms with Crippen molar-refractivity contribution in [3.8, 4) is 0 Å². The summed E-state index contributed by atoms with van der Waals surface area (Å²) in [6, 6.07) is 4.79. The number of nitrogens with zero attached hydrogens (tertiary/aromatic N) is 3. The van der Waals surface area contributed by atoms with Gasteiger partial charge in [-0.15, -0.1) is 0 Å². The molecule has 30 heavy (non-hydrogen) atoms. The van der Waals surface area contributed by atoms with Gasteiger partial charge in [-0.25, -0.2) is 14.3 Å². The molecule has 2 heterocycles. The highest BCUT2D eigenvalue weighted by molar-refractivity contribution is 7.92. The molecule has 1 N–H and O–H groups in total. The zero-order chi connectivity index (χ0) is 22.4. The molecule has 2 aromatic heterocycles. The van der Waals surface area contributed by atoms with E-state index in [1.54, 1.807) is 0 Å². The van der Waals surface area contributed by atoms with E-state index >= 15 is 0 Å². The number of methoxy groups -OCH3 is 1. The van der Waals surface area contributed by atoms with Crippen molar-refractivity contribution in [3.63, 3.8) is 0 Å². The topological polar surface area (TPSA) is 103 Å². The number of carbonyl (C=O) groups excluding carboxylic acids is 1. The van der Waals surface area contributed by atoms with Gasteiger partial charge in [0.2, 0.25) is 5.03 Å². The van der Waals surface area contributed by atoms with Crippen LogP contribution in [0.2, 0.25) is 10.0 Å². The molecule has 8 nitrogen and oxygen atoms in total. The molecule has 0 aliphatic heterocycles. The minimum absolute atomic E-state index is 0.0839. The smallest absolute Gasteiger partial charge is 0.433 e. The molecule has 0 amide bonds. The van der Waals surface area contributed by atoms with Crippen LogP contribution in [-0.2, 0) is 20.9 Å². The molecule has 3 rings (SSSR count). The van der Waals surface area contributed by atoms with Crippen molar-refractivity contribution in [1.29, 1.82) is 0 Å². The summed E-state index contributed by atoms with van der Waals surface area (Å²) >= 11 is 11.9. The highest BCUT2D eigenvalue weighted by Crippen LogP contribution is 2.34. The number of alkyl halides is 3. The van der Waals surface area contributed by atoms with Crippen LogP contribution in [0.25, 0.3) is 5.65 Å². The zero-order valence-electron chi connectivity index (χ0n) is 15.1. The Morgan fingerprint density at radius 2 is 1.83 bits per heavy atom. The Balaban J connectivity index is 2.33. The van der Waals surface area contributed by atoms with Crippen molar-refractivity contribution in [2.45, 2.75) is 18.1 Å². The quantitative estimate of drug-likeness (QED) is 0.564. The largest absolute Gasteiger partial charge is 0.465 e. The molecule has 3 aromatic rings. The van der Waals surface area contributed by atoms with Gasteiger partial charge in [-0.05, 0) is 25.1 Å². The van der Waals surface area contributed by atoms with Gasteiger partial charge in [-0.2, -0.15) is 26.7 Å². The number of esters is 1. The number of sulfonamides is 1. The van der Waals surface area contributed by atoms with Crippen LogP contribution in [0.4, 0.5) is 18.9 Å². The van der Waals surface area contributed by atoms with Gasteiger partial charge < -0.3 is 4.74 Å². The summed E-state index contributed by atoms with van der Waals surface area (Å²) in [5, 5.41) is 2.31. The van der Waals surface area contributed by atoms with Crippen molar-refractivity contribution in [2.24, 2.45) is 0 Å². The molecule has 14 heteroatoms. The second-order valence-electron chi connectivity index (χ2n) is 5.89. The lowest BCUT2D eigenvalue weighted by molar-refractivity contribution is -0.142. The number of anilines is 1. The van der Waals surface area contributed by atoms with E-state index in [4.69, 9.17) is 23.2 Å². The number of fused-ring (bicyclic) bond motifs is 1. The van der Waals surface area contributed by atoms with Crippen LogP contribution in [0.5, 0.6) is 0 Å². The van der Waals surface area contributed by atoms with Gasteiger partial charge in [-0.3, -0.25) is 4.72 Å². The Kier molecular flexibility index (Phi) is 5.60. The number of benzene rings is 1. The average Bonchev–Trinajstić information content (AvgIpc) is 3.03. The number of nitrogens with one attached hydrogen (secondary N) is 1. The van der Waals surface area contributed by atoms with E-state index in [0.29, 0.717) is 6.07 Å².